The fraction of sp³-hybridized carbons (Fsp3) is 0.533. The maximum absolute atomic E-state index is 11.3. The van der Waals surface area contributed by atoms with Crippen LogP contribution in [0.25, 0.3) is 0 Å². The van der Waals surface area contributed by atoms with Crippen LogP contribution in [0.1, 0.15) is 19.4 Å². The van der Waals surface area contributed by atoms with Crippen LogP contribution in [0.2, 0.25) is 0 Å². The fourth-order valence-corrected chi connectivity index (χ4v) is 2.65. The predicted molar refractivity (Wildman–Crippen MR) is 77.8 cm³/mol. The molecule has 4 heteroatoms. The fourth-order valence-electron chi connectivity index (χ4n) is 2.65. The second-order valence-corrected chi connectivity index (χ2v) is 5.29. The van der Waals surface area contributed by atoms with Crippen molar-refractivity contribution in [2.45, 2.75) is 26.3 Å². The summed E-state index contributed by atoms with van der Waals surface area (Å²) < 4.78 is 0. The van der Waals surface area contributed by atoms with Gasteiger partial charge in [0.2, 0.25) is 5.91 Å². The summed E-state index contributed by atoms with van der Waals surface area (Å²) in [6.45, 7) is 7.45. The number of carbonyl (C=O) groups excluding carboxylic acids is 1. The van der Waals surface area contributed by atoms with Gasteiger partial charge in [-0.1, -0.05) is 18.2 Å². The van der Waals surface area contributed by atoms with Crippen molar-refractivity contribution in [2.75, 3.05) is 31.9 Å². The lowest BCUT2D eigenvalue weighted by molar-refractivity contribution is -0.130. The first-order valence-electron chi connectivity index (χ1n) is 6.91. The minimum absolute atomic E-state index is 0.180. The van der Waals surface area contributed by atoms with Gasteiger partial charge in [-0.3, -0.25) is 9.69 Å². The van der Waals surface area contributed by atoms with Gasteiger partial charge in [0.15, 0.2) is 0 Å². The van der Waals surface area contributed by atoms with E-state index in [9.17, 15) is 4.79 Å². The number of nitrogens with two attached hydrogens (primary N) is 1. The summed E-state index contributed by atoms with van der Waals surface area (Å²) >= 11 is 0. The Bertz CT molecular complexity index is 439. The van der Waals surface area contributed by atoms with E-state index in [1.165, 1.54) is 5.56 Å². The molecule has 1 atom stereocenters. The Hall–Kier alpha value is -1.55. The first-order chi connectivity index (χ1) is 9.08. The molecule has 1 aromatic rings. The molecule has 104 valence electrons. The highest BCUT2D eigenvalue weighted by Crippen LogP contribution is 2.16. The van der Waals surface area contributed by atoms with Crippen LogP contribution >= 0.6 is 0 Å². The zero-order valence-electron chi connectivity index (χ0n) is 11.8. The lowest BCUT2D eigenvalue weighted by Crippen LogP contribution is -2.51. The summed E-state index contributed by atoms with van der Waals surface area (Å²) in [5.74, 6) is 0.180. The Kier molecular flexibility index (Phi) is 4.43. The highest BCUT2D eigenvalue weighted by molar-refractivity contribution is 5.73. The molecule has 19 heavy (non-hydrogen) atoms. The molecule has 1 aromatic carbocycles. The lowest BCUT2D eigenvalue weighted by atomic mass is 10.0. The molecule has 0 bridgehead atoms. The third-order valence-corrected chi connectivity index (χ3v) is 3.95. The van der Waals surface area contributed by atoms with Crippen LogP contribution in [0.3, 0.4) is 0 Å². The van der Waals surface area contributed by atoms with Crippen molar-refractivity contribution in [3.8, 4) is 0 Å². The Morgan fingerprint density at radius 3 is 2.47 bits per heavy atom. The van der Waals surface area contributed by atoms with E-state index in [2.05, 4.69) is 17.9 Å². The van der Waals surface area contributed by atoms with E-state index in [0.717, 1.165) is 38.3 Å². The van der Waals surface area contributed by atoms with E-state index in [1.54, 1.807) is 6.92 Å². The molecular weight excluding hydrogens is 238 g/mol. The van der Waals surface area contributed by atoms with Crippen molar-refractivity contribution in [1.82, 2.24) is 9.80 Å². The molecule has 1 amide bonds. The number of nitrogens with zero attached hydrogens (tertiary/aromatic N) is 2. The molecule has 4 nitrogen and oxygen atoms in total. The number of hydrogen-bond acceptors (Lipinski definition) is 3. The Morgan fingerprint density at radius 2 is 1.89 bits per heavy atom. The first-order valence-corrected chi connectivity index (χ1v) is 6.91. The van der Waals surface area contributed by atoms with E-state index in [4.69, 9.17) is 5.73 Å². The number of carbonyl (C=O) groups is 1. The van der Waals surface area contributed by atoms with Gasteiger partial charge in [0.05, 0.1) is 0 Å². The molecule has 2 N–H and O–H groups in total. The van der Waals surface area contributed by atoms with Gasteiger partial charge in [-0.05, 0) is 25.0 Å². The van der Waals surface area contributed by atoms with Crippen LogP contribution in [0.15, 0.2) is 24.3 Å². The lowest BCUT2D eigenvalue weighted by Gasteiger charge is -2.37. The number of hydrogen-bond donors (Lipinski definition) is 1. The summed E-state index contributed by atoms with van der Waals surface area (Å²) in [6, 6.07) is 8.51. The maximum atomic E-state index is 11.3. The Labute approximate surface area is 115 Å². The summed E-state index contributed by atoms with van der Waals surface area (Å²) in [5.41, 5.74) is 8.07. The molecule has 0 radical (unpaired) electrons. The smallest absolute Gasteiger partial charge is 0.219 e. The molecule has 1 aliphatic heterocycles. The minimum Gasteiger partial charge on any atom is -0.399 e. The van der Waals surface area contributed by atoms with E-state index in [0.29, 0.717) is 6.04 Å². The van der Waals surface area contributed by atoms with Gasteiger partial charge < -0.3 is 10.6 Å². The topological polar surface area (TPSA) is 49.6 Å². The van der Waals surface area contributed by atoms with Crippen LogP contribution in [0, 0.1) is 0 Å². The molecule has 1 aliphatic rings. The SMILES string of the molecule is CC(=O)N1CCN(C(C)Cc2ccccc2N)CC1. The molecule has 1 fully saturated rings. The summed E-state index contributed by atoms with van der Waals surface area (Å²) in [5, 5.41) is 0. The zero-order valence-corrected chi connectivity index (χ0v) is 11.8. The molecular formula is C15H23N3O. The summed E-state index contributed by atoms with van der Waals surface area (Å²) in [4.78, 5) is 15.7. The minimum atomic E-state index is 0.180. The predicted octanol–water partition coefficient (Wildman–Crippen LogP) is 1.36. The summed E-state index contributed by atoms with van der Waals surface area (Å²) in [7, 11) is 0. The number of anilines is 1. The average Bonchev–Trinajstić information content (AvgIpc) is 2.41. The highest BCUT2D eigenvalue weighted by atomic mass is 16.2. The van der Waals surface area contributed by atoms with Crippen molar-refractivity contribution in [2.24, 2.45) is 0 Å². The highest BCUT2D eigenvalue weighted by Gasteiger charge is 2.22. The van der Waals surface area contributed by atoms with Gasteiger partial charge in [-0.25, -0.2) is 0 Å². The van der Waals surface area contributed by atoms with Gasteiger partial charge in [0.1, 0.15) is 0 Å². The normalized spacial score (nSPS) is 18.3. The van der Waals surface area contributed by atoms with Gasteiger partial charge in [-0.2, -0.15) is 0 Å². The second-order valence-electron chi connectivity index (χ2n) is 5.29. The van der Waals surface area contributed by atoms with Gasteiger partial charge in [-0.15, -0.1) is 0 Å². The third-order valence-electron chi connectivity index (χ3n) is 3.95. The molecule has 0 aromatic heterocycles. The maximum Gasteiger partial charge on any atom is 0.219 e. The van der Waals surface area contributed by atoms with Crippen LogP contribution in [-0.2, 0) is 11.2 Å². The van der Waals surface area contributed by atoms with Crippen molar-refractivity contribution >= 4 is 11.6 Å². The van der Waals surface area contributed by atoms with Crippen molar-refractivity contribution < 1.29 is 4.79 Å². The molecule has 1 saturated heterocycles. The third kappa shape index (κ3) is 3.47. The molecule has 1 unspecified atom stereocenters. The standard InChI is InChI=1S/C15H23N3O/c1-12(11-14-5-3-4-6-15(14)16)17-7-9-18(10-8-17)13(2)19/h3-6,12H,7-11,16H2,1-2H3. The Balaban J connectivity index is 1.90. The van der Waals surface area contributed by atoms with Gasteiger partial charge in [0, 0.05) is 44.8 Å². The molecule has 0 spiro atoms. The molecule has 0 aliphatic carbocycles. The van der Waals surface area contributed by atoms with E-state index in [1.807, 2.05) is 23.1 Å². The number of piperazine rings is 1. The van der Waals surface area contributed by atoms with Crippen LogP contribution in [0.5, 0.6) is 0 Å². The van der Waals surface area contributed by atoms with Crippen molar-refractivity contribution in [3.05, 3.63) is 29.8 Å². The zero-order chi connectivity index (χ0) is 13.8. The van der Waals surface area contributed by atoms with Crippen LogP contribution < -0.4 is 5.73 Å². The van der Waals surface area contributed by atoms with E-state index >= 15 is 0 Å². The van der Waals surface area contributed by atoms with E-state index < -0.39 is 0 Å². The van der Waals surface area contributed by atoms with Crippen molar-refractivity contribution in [3.63, 3.8) is 0 Å². The number of amides is 1. The monoisotopic (exact) mass is 261 g/mol. The molecule has 1 heterocycles. The second kappa shape index (κ2) is 6.06. The van der Waals surface area contributed by atoms with Gasteiger partial charge in [0.25, 0.3) is 0 Å². The molecule has 2 rings (SSSR count). The quantitative estimate of drug-likeness (QED) is 0.836. The van der Waals surface area contributed by atoms with Gasteiger partial charge >= 0.3 is 0 Å². The van der Waals surface area contributed by atoms with Crippen molar-refractivity contribution in [1.29, 1.82) is 0 Å². The number of nitrogen functional groups attached to an aromatic ring is 1. The number of rotatable bonds is 3. The number of benzene rings is 1. The average molecular weight is 261 g/mol. The first kappa shape index (κ1) is 13.9. The summed E-state index contributed by atoms with van der Waals surface area (Å²) in [6.07, 6.45) is 0.965. The largest absolute Gasteiger partial charge is 0.399 e. The van der Waals surface area contributed by atoms with Crippen LogP contribution in [-0.4, -0.2) is 47.9 Å². The van der Waals surface area contributed by atoms with Crippen LogP contribution in [0.4, 0.5) is 5.69 Å². The number of para-hydroxylation sites is 1. The Morgan fingerprint density at radius 1 is 1.26 bits per heavy atom. The van der Waals surface area contributed by atoms with E-state index in [-0.39, 0.29) is 5.91 Å². The molecule has 0 saturated carbocycles.